The molecule has 0 bridgehead atoms. The summed E-state index contributed by atoms with van der Waals surface area (Å²) in [6.07, 6.45) is 4.58. The Morgan fingerprint density at radius 1 is 1.39 bits per heavy atom. The Morgan fingerprint density at radius 3 is 2.50 bits per heavy atom. The summed E-state index contributed by atoms with van der Waals surface area (Å²) < 4.78 is 2.02. The molecule has 1 aliphatic rings. The Balaban J connectivity index is 2.19. The van der Waals surface area contributed by atoms with Gasteiger partial charge in [0.1, 0.15) is 5.54 Å². The lowest BCUT2D eigenvalue weighted by Crippen LogP contribution is -2.64. The molecule has 1 aromatic rings. The highest BCUT2D eigenvalue weighted by Crippen LogP contribution is 2.34. The molecule has 98 valence electrons. The van der Waals surface area contributed by atoms with Gasteiger partial charge in [0.2, 0.25) is 0 Å². The normalized spacial score (nSPS) is 18.9. The number of nitriles is 1. The second kappa shape index (κ2) is 4.74. The summed E-state index contributed by atoms with van der Waals surface area (Å²) in [5, 5.41) is 13.5. The molecule has 1 saturated heterocycles. The fourth-order valence-electron chi connectivity index (χ4n) is 2.45. The largest absolute Gasteiger partial charge is 0.296 e. The summed E-state index contributed by atoms with van der Waals surface area (Å²) in [7, 11) is 0. The summed E-state index contributed by atoms with van der Waals surface area (Å²) in [5.74, 6) is 0.485. The molecular weight excluding hydrogens is 224 g/mol. The van der Waals surface area contributed by atoms with E-state index in [0.29, 0.717) is 18.4 Å². The zero-order valence-corrected chi connectivity index (χ0v) is 11.7. The molecule has 4 nitrogen and oxygen atoms in total. The molecule has 1 aliphatic heterocycles. The molecule has 2 rings (SSSR count). The highest BCUT2D eigenvalue weighted by molar-refractivity contribution is 5.14. The van der Waals surface area contributed by atoms with Crippen LogP contribution in [0.4, 0.5) is 0 Å². The average Bonchev–Trinajstić information content (AvgIpc) is 2.71. The highest BCUT2D eigenvalue weighted by atomic mass is 15.4. The second-order valence-electron chi connectivity index (χ2n) is 5.93. The van der Waals surface area contributed by atoms with Crippen molar-refractivity contribution in [2.45, 2.75) is 51.6 Å². The van der Waals surface area contributed by atoms with Gasteiger partial charge >= 0.3 is 0 Å². The Labute approximate surface area is 109 Å². The van der Waals surface area contributed by atoms with Gasteiger partial charge in [-0.3, -0.25) is 9.58 Å². The van der Waals surface area contributed by atoms with Gasteiger partial charge in [-0.05, 0) is 25.3 Å². The van der Waals surface area contributed by atoms with Gasteiger partial charge in [0.25, 0.3) is 0 Å². The minimum absolute atomic E-state index is 0.105. The molecule has 1 aromatic heterocycles. The van der Waals surface area contributed by atoms with Gasteiger partial charge in [0, 0.05) is 25.3 Å². The predicted molar refractivity (Wildman–Crippen MR) is 71.2 cm³/mol. The van der Waals surface area contributed by atoms with E-state index >= 15 is 0 Å². The third kappa shape index (κ3) is 2.15. The first kappa shape index (κ1) is 13.1. The molecule has 0 aliphatic carbocycles. The first-order valence-electron chi connectivity index (χ1n) is 6.64. The molecule has 0 spiro atoms. The van der Waals surface area contributed by atoms with Crippen LogP contribution in [0.1, 0.15) is 45.6 Å². The second-order valence-corrected chi connectivity index (χ2v) is 5.93. The predicted octanol–water partition coefficient (Wildman–Crippen LogP) is 2.34. The smallest absolute Gasteiger partial charge is 0.101 e. The summed E-state index contributed by atoms with van der Waals surface area (Å²) in [5.41, 5.74) is 1.14. The van der Waals surface area contributed by atoms with E-state index in [2.05, 4.69) is 50.0 Å². The summed E-state index contributed by atoms with van der Waals surface area (Å²) in [6, 6.07) is 2.86. The lowest BCUT2D eigenvalue weighted by atomic mass is 9.85. The molecule has 0 atom stereocenters. The lowest BCUT2D eigenvalue weighted by Gasteiger charge is -2.51. The number of hydrogen-bond donors (Lipinski definition) is 0. The SMILES string of the molecule is CC(C)c1cnn(C2(CC#N)CN(C(C)C)C2)c1. The van der Waals surface area contributed by atoms with E-state index in [-0.39, 0.29) is 5.54 Å². The number of nitrogens with zero attached hydrogens (tertiary/aromatic N) is 4. The van der Waals surface area contributed by atoms with Crippen molar-refractivity contribution in [3.05, 3.63) is 18.0 Å². The molecule has 0 unspecified atom stereocenters. The van der Waals surface area contributed by atoms with Crippen molar-refractivity contribution in [2.24, 2.45) is 0 Å². The molecule has 0 aromatic carbocycles. The molecule has 2 heterocycles. The van der Waals surface area contributed by atoms with Crippen molar-refractivity contribution in [3.63, 3.8) is 0 Å². The number of hydrogen-bond acceptors (Lipinski definition) is 3. The van der Waals surface area contributed by atoms with E-state index in [9.17, 15) is 0 Å². The quantitative estimate of drug-likeness (QED) is 0.819. The molecule has 0 radical (unpaired) electrons. The van der Waals surface area contributed by atoms with Gasteiger partial charge in [-0.2, -0.15) is 10.4 Å². The molecule has 0 saturated carbocycles. The van der Waals surface area contributed by atoms with Crippen LogP contribution in [0.3, 0.4) is 0 Å². The van der Waals surface area contributed by atoms with Crippen molar-refractivity contribution in [1.29, 1.82) is 5.26 Å². The Morgan fingerprint density at radius 2 is 2.06 bits per heavy atom. The Kier molecular flexibility index (Phi) is 3.45. The summed E-state index contributed by atoms with van der Waals surface area (Å²) in [6.45, 7) is 10.6. The molecule has 1 fully saturated rings. The maximum atomic E-state index is 9.06. The van der Waals surface area contributed by atoms with Crippen LogP contribution in [0.5, 0.6) is 0 Å². The average molecular weight is 246 g/mol. The van der Waals surface area contributed by atoms with Crippen LogP contribution in [0.2, 0.25) is 0 Å². The van der Waals surface area contributed by atoms with Crippen molar-refractivity contribution in [1.82, 2.24) is 14.7 Å². The Bertz CT molecular complexity index is 447. The third-order valence-corrected chi connectivity index (χ3v) is 3.89. The van der Waals surface area contributed by atoms with E-state index in [1.54, 1.807) is 0 Å². The van der Waals surface area contributed by atoms with Crippen LogP contribution >= 0.6 is 0 Å². The summed E-state index contributed by atoms with van der Waals surface area (Å²) >= 11 is 0. The van der Waals surface area contributed by atoms with Crippen LogP contribution in [-0.4, -0.2) is 33.8 Å². The van der Waals surface area contributed by atoms with Gasteiger partial charge in [-0.15, -0.1) is 0 Å². The van der Waals surface area contributed by atoms with Gasteiger partial charge in [0.15, 0.2) is 0 Å². The van der Waals surface area contributed by atoms with Crippen LogP contribution in [0.15, 0.2) is 12.4 Å². The Hall–Kier alpha value is -1.34. The number of likely N-dealkylation sites (tertiary alicyclic amines) is 1. The van der Waals surface area contributed by atoms with Crippen LogP contribution in [0.25, 0.3) is 0 Å². The van der Waals surface area contributed by atoms with Crippen molar-refractivity contribution in [2.75, 3.05) is 13.1 Å². The maximum Gasteiger partial charge on any atom is 0.101 e. The molecule has 0 amide bonds. The standard InChI is InChI=1S/C14H22N4/c1-11(2)13-7-16-18(8-13)14(5-6-15)9-17(10-14)12(3)4/h7-8,11-12H,5,9-10H2,1-4H3. The summed E-state index contributed by atoms with van der Waals surface area (Å²) in [4.78, 5) is 2.38. The molecule has 4 heteroatoms. The molecule has 18 heavy (non-hydrogen) atoms. The van der Waals surface area contributed by atoms with Crippen molar-refractivity contribution >= 4 is 0 Å². The van der Waals surface area contributed by atoms with E-state index < -0.39 is 0 Å². The van der Waals surface area contributed by atoms with E-state index in [4.69, 9.17) is 5.26 Å². The zero-order chi connectivity index (χ0) is 13.3. The van der Waals surface area contributed by atoms with Crippen LogP contribution in [0, 0.1) is 11.3 Å². The fraction of sp³-hybridized carbons (Fsp3) is 0.714. The van der Waals surface area contributed by atoms with Crippen LogP contribution in [-0.2, 0) is 5.54 Å². The lowest BCUT2D eigenvalue weighted by molar-refractivity contribution is -0.0165. The van der Waals surface area contributed by atoms with Gasteiger partial charge in [0.05, 0.1) is 18.7 Å². The highest BCUT2D eigenvalue weighted by Gasteiger charge is 2.46. The van der Waals surface area contributed by atoms with E-state index in [1.165, 1.54) is 5.56 Å². The minimum atomic E-state index is -0.105. The van der Waals surface area contributed by atoms with Gasteiger partial charge in [-0.25, -0.2) is 0 Å². The maximum absolute atomic E-state index is 9.06. The minimum Gasteiger partial charge on any atom is -0.296 e. The topological polar surface area (TPSA) is 44.9 Å². The number of aromatic nitrogens is 2. The van der Waals surface area contributed by atoms with Crippen LogP contribution < -0.4 is 0 Å². The number of rotatable bonds is 4. The van der Waals surface area contributed by atoms with Gasteiger partial charge < -0.3 is 0 Å². The first-order valence-corrected chi connectivity index (χ1v) is 6.64. The van der Waals surface area contributed by atoms with Gasteiger partial charge in [-0.1, -0.05) is 13.8 Å². The van der Waals surface area contributed by atoms with Crippen molar-refractivity contribution in [3.8, 4) is 6.07 Å². The first-order chi connectivity index (χ1) is 8.48. The van der Waals surface area contributed by atoms with E-state index in [0.717, 1.165) is 13.1 Å². The monoisotopic (exact) mass is 246 g/mol. The fourth-order valence-corrected chi connectivity index (χ4v) is 2.45. The van der Waals surface area contributed by atoms with Crippen molar-refractivity contribution < 1.29 is 0 Å². The van der Waals surface area contributed by atoms with E-state index in [1.807, 2.05) is 10.9 Å². The molecule has 0 N–H and O–H groups in total. The zero-order valence-electron chi connectivity index (χ0n) is 11.7. The third-order valence-electron chi connectivity index (χ3n) is 3.89. The molecular formula is C14H22N4.